The van der Waals surface area contributed by atoms with Gasteiger partial charge in [0, 0.05) is 20.8 Å². The predicted octanol–water partition coefficient (Wildman–Crippen LogP) is 4.59. The molecule has 0 spiro atoms. The summed E-state index contributed by atoms with van der Waals surface area (Å²) in [5.74, 6) is 0. The zero-order valence-corrected chi connectivity index (χ0v) is 11.5. The molecular formula is C9H9CuF9NO. The van der Waals surface area contributed by atoms with Crippen LogP contribution in [0.3, 0.4) is 0 Å². The van der Waals surface area contributed by atoms with Crippen LogP contribution in [0.2, 0.25) is 0 Å². The quantitative estimate of drug-likeness (QED) is 0.368. The van der Waals surface area contributed by atoms with Crippen molar-refractivity contribution in [2.24, 2.45) is 0 Å². The van der Waals surface area contributed by atoms with Crippen LogP contribution in [-0.4, -0.2) is 29.7 Å². The molecule has 12 heteroatoms. The summed E-state index contributed by atoms with van der Waals surface area (Å²) >= 11 is 3.03. The summed E-state index contributed by atoms with van der Waals surface area (Å²) in [4.78, 5) is 3.27. The molecule has 0 saturated carbocycles. The SMILES string of the molecule is FC(F)(F)C([O][Cu])(C(F)(F)F)C(F)(F)F.[C-]#[N+]C(C)(C)C. The molecule has 0 aliphatic rings. The molecule has 0 radical (unpaired) electrons. The minimum atomic E-state index is -6.75. The summed E-state index contributed by atoms with van der Waals surface area (Å²) in [5.41, 5.74) is -6.51. The zero-order valence-electron chi connectivity index (χ0n) is 10.6. The van der Waals surface area contributed by atoms with Gasteiger partial charge in [-0.2, -0.15) is 0 Å². The van der Waals surface area contributed by atoms with Crippen LogP contribution in [0.4, 0.5) is 39.5 Å². The predicted molar refractivity (Wildman–Crippen MR) is 48.3 cm³/mol. The molecule has 130 valence electrons. The van der Waals surface area contributed by atoms with E-state index in [0.717, 1.165) is 0 Å². The van der Waals surface area contributed by atoms with Crippen molar-refractivity contribution in [3.63, 3.8) is 0 Å². The molecule has 0 aromatic carbocycles. The van der Waals surface area contributed by atoms with E-state index in [1.807, 2.05) is 20.8 Å². The summed E-state index contributed by atoms with van der Waals surface area (Å²) in [6.45, 7) is 12.1. The van der Waals surface area contributed by atoms with E-state index >= 15 is 0 Å². The second kappa shape index (κ2) is 6.62. The minimum Gasteiger partial charge on any atom is -0.311 e. The molecule has 0 aliphatic heterocycles. The average Bonchev–Trinajstić information content (AvgIpc) is 2.11. The number of halogens is 9. The summed E-state index contributed by atoms with van der Waals surface area (Å²) in [7, 11) is 0. The second-order valence-corrected chi connectivity index (χ2v) is 4.71. The van der Waals surface area contributed by atoms with Crippen molar-refractivity contribution in [3.8, 4) is 0 Å². The molecule has 21 heavy (non-hydrogen) atoms. The first-order valence-electron chi connectivity index (χ1n) is 4.73. The Balaban J connectivity index is 0. The third-order valence-corrected chi connectivity index (χ3v) is 1.91. The number of hydrogen-bond donors (Lipinski definition) is 0. The monoisotopic (exact) mass is 381 g/mol. The van der Waals surface area contributed by atoms with Crippen molar-refractivity contribution < 1.29 is 59.7 Å². The van der Waals surface area contributed by atoms with Crippen molar-refractivity contribution in [1.29, 1.82) is 0 Å². The van der Waals surface area contributed by atoms with E-state index in [1.54, 1.807) is 0 Å². The first kappa shape index (κ1) is 22.6. The average molecular weight is 382 g/mol. The van der Waals surface area contributed by atoms with Gasteiger partial charge in [0.2, 0.25) is 5.54 Å². The maximum atomic E-state index is 11.7. The van der Waals surface area contributed by atoms with Crippen LogP contribution in [0.1, 0.15) is 20.8 Å². The van der Waals surface area contributed by atoms with Gasteiger partial charge in [0.1, 0.15) is 0 Å². The van der Waals surface area contributed by atoms with Crippen LogP contribution in [0.15, 0.2) is 0 Å². The Labute approximate surface area is 122 Å². The standard InChI is InChI=1S/C5H9N.C4F9O.Cu/c1-5(2,3)6-4;5-2(6,7)1(14,3(8,9)10)4(11,12)13;/h1-3H3;;/q;-1;+1. The van der Waals surface area contributed by atoms with Crippen LogP contribution in [-0.2, 0) is 20.2 Å². The molecule has 0 aromatic rings. The smallest absolute Gasteiger partial charge is 0.224 e. The number of hydrogen-bond acceptors (Lipinski definition) is 1. The molecule has 0 N–H and O–H groups in total. The van der Waals surface area contributed by atoms with Crippen molar-refractivity contribution in [2.75, 3.05) is 0 Å². The molecule has 0 fully saturated rings. The van der Waals surface area contributed by atoms with Crippen LogP contribution in [0.25, 0.3) is 4.85 Å². The first-order chi connectivity index (χ1) is 8.87. The fourth-order valence-electron chi connectivity index (χ4n) is 0.587. The maximum absolute atomic E-state index is 11.7. The van der Waals surface area contributed by atoms with E-state index in [0.29, 0.717) is 0 Å². The Morgan fingerprint density at radius 1 is 0.762 bits per heavy atom. The largest absolute Gasteiger partial charge is 0.311 e. The van der Waals surface area contributed by atoms with Gasteiger partial charge in [-0.25, -0.2) is 6.57 Å². The normalized spacial score (nSPS) is 14.1. The van der Waals surface area contributed by atoms with E-state index in [4.69, 9.17) is 6.57 Å². The van der Waals surface area contributed by atoms with Crippen molar-refractivity contribution >= 4 is 0 Å². The van der Waals surface area contributed by atoms with Crippen LogP contribution in [0, 0.1) is 6.57 Å². The second-order valence-electron chi connectivity index (χ2n) is 4.52. The minimum absolute atomic E-state index is 0.167. The van der Waals surface area contributed by atoms with E-state index in [1.165, 1.54) is 0 Å². The molecule has 0 saturated heterocycles. The molecule has 0 unspecified atom stereocenters. The van der Waals surface area contributed by atoms with Crippen molar-refractivity contribution in [2.45, 2.75) is 50.4 Å². The summed E-state index contributed by atoms with van der Waals surface area (Å²) in [5, 5.41) is 0. The first-order valence-corrected chi connectivity index (χ1v) is 5.11. The van der Waals surface area contributed by atoms with Gasteiger partial charge in [0.15, 0.2) is 0 Å². The molecule has 0 aromatic heterocycles. The number of alkyl halides is 9. The molecule has 2 nitrogen and oxygen atoms in total. The van der Waals surface area contributed by atoms with Gasteiger partial charge >= 0.3 is 83.8 Å². The zero-order chi connectivity index (χ0) is 17.9. The Bertz CT molecular complexity index is 335. The van der Waals surface area contributed by atoms with Gasteiger partial charge in [-0.05, 0) is 0 Å². The molecule has 0 amide bonds. The molecule has 0 heterocycles. The molecule has 0 bridgehead atoms. The Kier molecular flexibility index (Phi) is 7.13. The fraction of sp³-hybridized carbons (Fsp3) is 0.889. The Morgan fingerprint density at radius 3 is 0.952 bits per heavy atom. The van der Waals surface area contributed by atoms with Gasteiger partial charge < -0.3 is 4.85 Å². The topological polar surface area (TPSA) is 13.6 Å². The van der Waals surface area contributed by atoms with Gasteiger partial charge in [0.25, 0.3) is 0 Å². The van der Waals surface area contributed by atoms with E-state index in [9.17, 15) is 39.5 Å². The van der Waals surface area contributed by atoms with E-state index < -0.39 is 24.1 Å². The van der Waals surface area contributed by atoms with Crippen molar-refractivity contribution in [1.82, 2.24) is 0 Å². The van der Waals surface area contributed by atoms with Gasteiger partial charge in [-0.1, -0.05) is 0 Å². The number of nitrogens with zero attached hydrogens (tertiary/aromatic N) is 1. The van der Waals surface area contributed by atoms with Crippen molar-refractivity contribution in [3.05, 3.63) is 11.4 Å². The van der Waals surface area contributed by atoms with Gasteiger partial charge in [-0.15, -0.1) is 0 Å². The Hall–Kier alpha value is -0.661. The molecule has 0 rings (SSSR count). The number of rotatable bonds is 1. The fourth-order valence-corrected chi connectivity index (χ4v) is 0.914. The summed E-state index contributed by atoms with van der Waals surface area (Å²) in [6.07, 6.45) is -20.2. The summed E-state index contributed by atoms with van der Waals surface area (Å²) in [6, 6.07) is 0. The molecule has 0 aliphatic carbocycles. The van der Waals surface area contributed by atoms with Gasteiger partial charge in [0.05, 0.1) is 0 Å². The van der Waals surface area contributed by atoms with E-state index in [-0.39, 0.29) is 5.54 Å². The molecular weight excluding hydrogens is 373 g/mol. The van der Waals surface area contributed by atoms with Gasteiger partial charge in [-0.3, -0.25) is 0 Å². The summed E-state index contributed by atoms with van der Waals surface area (Å²) < 4.78 is 108. The third kappa shape index (κ3) is 5.56. The van der Waals surface area contributed by atoms with Crippen LogP contribution >= 0.6 is 0 Å². The van der Waals surface area contributed by atoms with Crippen LogP contribution < -0.4 is 0 Å². The Morgan fingerprint density at radius 2 is 0.952 bits per heavy atom. The molecule has 0 atom stereocenters. The van der Waals surface area contributed by atoms with Crippen LogP contribution in [0.5, 0.6) is 0 Å². The maximum Gasteiger partial charge on any atom is 0.224 e. The van der Waals surface area contributed by atoms with E-state index in [2.05, 4.69) is 25.0 Å². The third-order valence-electron chi connectivity index (χ3n) is 1.63.